The number of anilines is 2. The molecule has 3 N–H and O–H groups in total. The molecule has 0 saturated heterocycles. The summed E-state index contributed by atoms with van der Waals surface area (Å²) in [4.78, 5) is 27.0. The average molecular weight is 411 g/mol. The van der Waals surface area contributed by atoms with Crippen molar-refractivity contribution >= 4 is 27.3 Å². The third kappa shape index (κ3) is 4.72. The van der Waals surface area contributed by atoms with Gasteiger partial charge in [0.15, 0.2) is 0 Å². The fourth-order valence-electron chi connectivity index (χ4n) is 2.84. The van der Waals surface area contributed by atoms with Gasteiger partial charge in [0.1, 0.15) is 5.56 Å². The summed E-state index contributed by atoms with van der Waals surface area (Å²) >= 11 is 0. The average Bonchev–Trinajstić information content (AvgIpc) is 2.62. The van der Waals surface area contributed by atoms with Crippen molar-refractivity contribution in [1.82, 2.24) is 4.98 Å². The zero-order valence-electron chi connectivity index (χ0n) is 16.2. The summed E-state index contributed by atoms with van der Waals surface area (Å²) in [6.07, 6.45) is 0. The molecule has 8 heteroatoms. The van der Waals surface area contributed by atoms with Crippen LogP contribution in [0, 0.1) is 20.8 Å². The number of amides is 1. The second kappa shape index (κ2) is 7.92. The predicted octanol–water partition coefficient (Wildman–Crippen LogP) is 3.35. The van der Waals surface area contributed by atoms with Gasteiger partial charge in [0.2, 0.25) is 0 Å². The fourth-order valence-corrected chi connectivity index (χ4v) is 4.16. The fraction of sp³-hybridized carbons (Fsp3) is 0.143. The van der Waals surface area contributed by atoms with E-state index in [1.54, 1.807) is 50.2 Å². The first-order valence-electron chi connectivity index (χ1n) is 8.87. The van der Waals surface area contributed by atoms with Crippen molar-refractivity contribution in [1.29, 1.82) is 0 Å². The van der Waals surface area contributed by atoms with Crippen molar-refractivity contribution in [3.63, 3.8) is 0 Å². The standard InChI is InChI=1S/C21H21N3O4S/c1-13-5-4-6-17(11-13)24-29(27,28)19-12-16(9-7-14(19)2)23-21(26)18-10-8-15(3)22-20(18)25/h4-12,24H,1-3H3,(H,22,25)(H,23,26). The molecular weight excluding hydrogens is 390 g/mol. The number of carbonyl (C=O) groups is 1. The lowest BCUT2D eigenvalue weighted by atomic mass is 10.2. The summed E-state index contributed by atoms with van der Waals surface area (Å²) in [6.45, 7) is 5.24. The Morgan fingerprint density at radius 2 is 1.69 bits per heavy atom. The smallest absolute Gasteiger partial charge is 0.262 e. The predicted molar refractivity (Wildman–Crippen MR) is 113 cm³/mol. The third-order valence-corrected chi connectivity index (χ3v) is 5.83. The third-order valence-electron chi connectivity index (χ3n) is 4.31. The molecule has 150 valence electrons. The number of aromatic amines is 1. The number of H-pyrrole nitrogens is 1. The van der Waals surface area contributed by atoms with Gasteiger partial charge in [-0.15, -0.1) is 0 Å². The zero-order chi connectivity index (χ0) is 21.2. The Hall–Kier alpha value is -3.39. The Morgan fingerprint density at radius 1 is 0.931 bits per heavy atom. The molecule has 0 aliphatic carbocycles. The van der Waals surface area contributed by atoms with Crippen molar-refractivity contribution < 1.29 is 13.2 Å². The summed E-state index contributed by atoms with van der Waals surface area (Å²) < 4.78 is 28.3. The van der Waals surface area contributed by atoms with Gasteiger partial charge in [-0.2, -0.15) is 0 Å². The summed E-state index contributed by atoms with van der Waals surface area (Å²) in [6, 6.07) is 14.6. The van der Waals surface area contributed by atoms with Crippen LogP contribution in [-0.4, -0.2) is 19.3 Å². The maximum absolute atomic E-state index is 12.9. The lowest BCUT2D eigenvalue weighted by Crippen LogP contribution is -2.23. The lowest BCUT2D eigenvalue weighted by molar-refractivity contribution is 0.102. The SMILES string of the molecule is Cc1cccc(NS(=O)(=O)c2cc(NC(=O)c3ccc(C)[nH]c3=O)ccc2C)c1. The van der Waals surface area contributed by atoms with E-state index in [-0.39, 0.29) is 16.1 Å². The van der Waals surface area contributed by atoms with Gasteiger partial charge in [0, 0.05) is 17.1 Å². The summed E-state index contributed by atoms with van der Waals surface area (Å²) in [5.41, 5.74) is 2.23. The van der Waals surface area contributed by atoms with Crippen LogP contribution in [0.4, 0.5) is 11.4 Å². The molecule has 0 radical (unpaired) electrons. The van der Waals surface area contributed by atoms with Crippen LogP contribution < -0.4 is 15.6 Å². The highest BCUT2D eigenvalue weighted by Gasteiger charge is 2.19. The Kier molecular flexibility index (Phi) is 5.56. The maximum Gasteiger partial charge on any atom is 0.262 e. The van der Waals surface area contributed by atoms with E-state index in [1.165, 1.54) is 12.1 Å². The van der Waals surface area contributed by atoms with Crippen molar-refractivity contribution in [3.8, 4) is 0 Å². The molecule has 0 unspecified atom stereocenters. The largest absolute Gasteiger partial charge is 0.326 e. The molecule has 0 bridgehead atoms. The first-order chi connectivity index (χ1) is 13.7. The number of benzene rings is 2. The number of pyridine rings is 1. The molecule has 1 amide bonds. The van der Waals surface area contributed by atoms with Gasteiger partial charge < -0.3 is 10.3 Å². The quantitative estimate of drug-likeness (QED) is 0.598. The molecule has 3 rings (SSSR count). The number of hydrogen-bond donors (Lipinski definition) is 3. The number of aromatic nitrogens is 1. The van der Waals surface area contributed by atoms with E-state index in [9.17, 15) is 18.0 Å². The van der Waals surface area contributed by atoms with E-state index in [1.807, 2.05) is 13.0 Å². The van der Waals surface area contributed by atoms with Crippen molar-refractivity contribution in [3.05, 3.63) is 87.3 Å². The first kappa shape index (κ1) is 20.3. The van der Waals surface area contributed by atoms with E-state index in [2.05, 4.69) is 15.0 Å². The van der Waals surface area contributed by atoms with Crippen LogP contribution in [0.1, 0.15) is 27.2 Å². The number of sulfonamides is 1. The number of aryl methyl sites for hydroxylation is 3. The summed E-state index contributed by atoms with van der Waals surface area (Å²) in [5.74, 6) is -0.620. The minimum absolute atomic E-state index is 0.0367. The molecule has 0 atom stereocenters. The first-order valence-corrected chi connectivity index (χ1v) is 10.4. The number of carbonyl (C=O) groups excluding carboxylic acids is 1. The van der Waals surface area contributed by atoms with E-state index in [0.717, 1.165) is 5.56 Å². The summed E-state index contributed by atoms with van der Waals surface area (Å²) in [5, 5.41) is 2.58. The second-order valence-electron chi connectivity index (χ2n) is 6.79. The van der Waals surface area contributed by atoms with E-state index >= 15 is 0 Å². The number of hydrogen-bond acceptors (Lipinski definition) is 4. The van der Waals surface area contributed by atoms with E-state index < -0.39 is 21.5 Å². The normalized spacial score (nSPS) is 11.1. The van der Waals surface area contributed by atoms with Gasteiger partial charge in [-0.25, -0.2) is 8.42 Å². The molecule has 29 heavy (non-hydrogen) atoms. The molecule has 1 heterocycles. The highest BCUT2D eigenvalue weighted by Crippen LogP contribution is 2.23. The van der Waals surface area contributed by atoms with Gasteiger partial charge in [0.25, 0.3) is 21.5 Å². The van der Waals surface area contributed by atoms with Gasteiger partial charge >= 0.3 is 0 Å². The van der Waals surface area contributed by atoms with Crippen LogP contribution in [0.3, 0.4) is 0 Å². The van der Waals surface area contributed by atoms with Gasteiger partial charge in [0.05, 0.1) is 4.90 Å². The Labute approximate surface area is 168 Å². The summed E-state index contributed by atoms with van der Waals surface area (Å²) in [7, 11) is -3.87. The topological polar surface area (TPSA) is 108 Å². The number of rotatable bonds is 5. The lowest BCUT2D eigenvalue weighted by Gasteiger charge is -2.13. The molecule has 0 saturated carbocycles. The van der Waals surface area contributed by atoms with Crippen LogP contribution in [0.2, 0.25) is 0 Å². The Bertz CT molecular complexity index is 1250. The molecule has 7 nitrogen and oxygen atoms in total. The molecule has 0 fully saturated rings. The van der Waals surface area contributed by atoms with Gasteiger partial charge in [-0.3, -0.25) is 14.3 Å². The van der Waals surface area contributed by atoms with Crippen LogP contribution in [0.15, 0.2) is 64.3 Å². The zero-order valence-corrected chi connectivity index (χ0v) is 17.1. The van der Waals surface area contributed by atoms with Crippen LogP contribution in [0.5, 0.6) is 0 Å². The Balaban J connectivity index is 1.89. The van der Waals surface area contributed by atoms with Gasteiger partial charge in [-0.1, -0.05) is 18.2 Å². The highest BCUT2D eigenvalue weighted by atomic mass is 32.2. The molecule has 3 aromatic rings. The maximum atomic E-state index is 12.9. The van der Waals surface area contributed by atoms with Crippen LogP contribution >= 0.6 is 0 Å². The molecule has 0 spiro atoms. The molecular formula is C21H21N3O4S. The van der Waals surface area contributed by atoms with Crippen molar-refractivity contribution in [2.75, 3.05) is 10.0 Å². The van der Waals surface area contributed by atoms with Gasteiger partial charge in [-0.05, 0) is 68.3 Å². The van der Waals surface area contributed by atoms with Crippen LogP contribution in [-0.2, 0) is 10.0 Å². The minimum atomic E-state index is -3.87. The van der Waals surface area contributed by atoms with E-state index in [0.29, 0.717) is 16.9 Å². The second-order valence-corrected chi connectivity index (χ2v) is 8.44. The Morgan fingerprint density at radius 3 is 2.38 bits per heavy atom. The molecule has 0 aliphatic rings. The van der Waals surface area contributed by atoms with E-state index in [4.69, 9.17) is 0 Å². The molecule has 0 aliphatic heterocycles. The number of nitrogens with one attached hydrogen (secondary N) is 3. The minimum Gasteiger partial charge on any atom is -0.326 e. The van der Waals surface area contributed by atoms with Crippen molar-refractivity contribution in [2.24, 2.45) is 0 Å². The molecule has 1 aromatic heterocycles. The van der Waals surface area contributed by atoms with Crippen molar-refractivity contribution in [2.45, 2.75) is 25.7 Å². The highest BCUT2D eigenvalue weighted by molar-refractivity contribution is 7.92. The monoisotopic (exact) mass is 411 g/mol. The van der Waals surface area contributed by atoms with Crippen LogP contribution in [0.25, 0.3) is 0 Å². The molecule has 2 aromatic carbocycles.